The Labute approximate surface area is 115 Å². The van der Waals surface area contributed by atoms with Crippen molar-refractivity contribution in [3.05, 3.63) is 29.1 Å². The Balaban J connectivity index is 2.45. The number of piperidine rings is 1. The van der Waals surface area contributed by atoms with Crippen molar-refractivity contribution in [1.29, 1.82) is 0 Å². The molecule has 1 aliphatic rings. The van der Waals surface area contributed by atoms with Gasteiger partial charge >= 0.3 is 0 Å². The van der Waals surface area contributed by atoms with Crippen molar-refractivity contribution in [2.45, 2.75) is 52.7 Å². The number of halogens is 1. The summed E-state index contributed by atoms with van der Waals surface area (Å²) in [4.78, 5) is 2.32. The third-order valence-electron chi connectivity index (χ3n) is 4.44. The molecule has 0 spiro atoms. The molecule has 1 aromatic carbocycles. The van der Waals surface area contributed by atoms with E-state index in [1.54, 1.807) is 13.8 Å². The van der Waals surface area contributed by atoms with Gasteiger partial charge in [-0.1, -0.05) is 6.92 Å². The maximum atomic E-state index is 13.7. The number of rotatable bonds is 2. The van der Waals surface area contributed by atoms with E-state index in [0.29, 0.717) is 23.1 Å². The summed E-state index contributed by atoms with van der Waals surface area (Å²) >= 11 is 0. The Morgan fingerprint density at radius 3 is 2.68 bits per heavy atom. The Bertz CT molecular complexity index is 458. The lowest BCUT2D eigenvalue weighted by Crippen LogP contribution is -2.43. The Morgan fingerprint density at radius 1 is 1.37 bits per heavy atom. The first-order valence-electron chi connectivity index (χ1n) is 7.16. The van der Waals surface area contributed by atoms with Crippen LogP contribution in [0.3, 0.4) is 0 Å². The number of hydrogen-bond donors (Lipinski definition) is 1. The fourth-order valence-corrected chi connectivity index (χ4v) is 2.94. The average Bonchev–Trinajstić information content (AvgIpc) is 2.35. The molecule has 1 heterocycles. The average molecular weight is 265 g/mol. The molecular weight excluding hydrogens is 241 g/mol. The molecular formula is C16H24FNO. The number of aliphatic hydroxyl groups is 1. The van der Waals surface area contributed by atoms with Gasteiger partial charge in [-0.05, 0) is 57.2 Å². The van der Waals surface area contributed by atoms with Crippen LogP contribution in [0.5, 0.6) is 0 Å². The number of aliphatic hydroxyl groups excluding tert-OH is 1. The second kappa shape index (κ2) is 5.49. The van der Waals surface area contributed by atoms with Gasteiger partial charge in [0, 0.05) is 23.8 Å². The first kappa shape index (κ1) is 14.3. The largest absolute Gasteiger partial charge is 0.389 e. The monoisotopic (exact) mass is 265 g/mol. The molecule has 0 aliphatic carbocycles. The van der Waals surface area contributed by atoms with Gasteiger partial charge in [0.2, 0.25) is 0 Å². The molecule has 0 bridgehead atoms. The minimum absolute atomic E-state index is 0.239. The van der Waals surface area contributed by atoms with E-state index in [-0.39, 0.29) is 5.82 Å². The van der Waals surface area contributed by atoms with E-state index in [9.17, 15) is 9.50 Å². The molecule has 2 unspecified atom stereocenters. The highest BCUT2D eigenvalue weighted by Crippen LogP contribution is 2.34. The van der Waals surface area contributed by atoms with Gasteiger partial charge < -0.3 is 10.0 Å². The van der Waals surface area contributed by atoms with E-state index in [4.69, 9.17) is 0 Å². The molecule has 0 radical (unpaired) electrons. The van der Waals surface area contributed by atoms with E-state index in [1.807, 2.05) is 6.07 Å². The maximum Gasteiger partial charge on any atom is 0.126 e. The minimum Gasteiger partial charge on any atom is -0.389 e. The number of hydrogen-bond acceptors (Lipinski definition) is 2. The van der Waals surface area contributed by atoms with Crippen LogP contribution in [0.15, 0.2) is 12.1 Å². The van der Waals surface area contributed by atoms with Crippen LogP contribution in [-0.2, 0) is 0 Å². The molecule has 19 heavy (non-hydrogen) atoms. The van der Waals surface area contributed by atoms with Crippen molar-refractivity contribution in [2.75, 3.05) is 11.4 Å². The highest BCUT2D eigenvalue weighted by Gasteiger charge is 2.27. The number of benzene rings is 1. The summed E-state index contributed by atoms with van der Waals surface area (Å²) in [7, 11) is 0. The summed E-state index contributed by atoms with van der Waals surface area (Å²) in [6.45, 7) is 8.94. The molecule has 1 aromatic rings. The lowest BCUT2D eigenvalue weighted by atomic mass is 9.90. The first-order valence-corrected chi connectivity index (χ1v) is 7.16. The highest BCUT2D eigenvalue weighted by molar-refractivity contribution is 5.57. The van der Waals surface area contributed by atoms with Crippen molar-refractivity contribution < 1.29 is 9.50 Å². The van der Waals surface area contributed by atoms with Crippen molar-refractivity contribution in [2.24, 2.45) is 5.92 Å². The summed E-state index contributed by atoms with van der Waals surface area (Å²) in [5, 5.41) is 9.91. The van der Waals surface area contributed by atoms with Gasteiger partial charge in [-0.3, -0.25) is 0 Å². The van der Waals surface area contributed by atoms with E-state index in [2.05, 4.69) is 18.7 Å². The van der Waals surface area contributed by atoms with Crippen LogP contribution in [0, 0.1) is 18.7 Å². The topological polar surface area (TPSA) is 23.5 Å². The fourth-order valence-electron chi connectivity index (χ4n) is 2.94. The quantitative estimate of drug-likeness (QED) is 0.879. The molecule has 3 heteroatoms. The second-order valence-corrected chi connectivity index (χ2v) is 5.89. The third-order valence-corrected chi connectivity index (χ3v) is 4.44. The van der Waals surface area contributed by atoms with Crippen LogP contribution >= 0.6 is 0 Å². The van der Waals surface area contributed by atoms with Crippen molar-refractivity contribution >= 4 is 5.69 Å². The summed E-state index contributed by atoms with van der Waals surface area (Å²) in [5.74, 6) is 0.387. The molecule has 1 N–H and O–H groups in total. The second-order valence-electron chi connectivity index (χ2n) is 5.89. The third kappa shape index (κ3) is 2.76. The molecule has 0 amide bonds. The van der Waals surface area contributed by atoms with Crippen molar-refractivity contribution in [1.82, 2.24) is 0 Å². The van der Waals surface area contributed by atoms with Gasteiger partial charge in [0.25, 0.3) is 0 Å². The SMILES string of the molecule is Cc1cc(N2CCCC(C)C2C)c([C@H](C)O)cc1F. The number of nitrogens with zero attached hydrogens (tertiary/aromatic N) is 1. The standard InChI is InChI=1S/C16H24FNO/c1-10-6-5-7-18(12(10)3)16-8-11(2)15(17)9-14(16)13(4)19/h8-10,12-13,19H,5-7H2,1-4H3/t10?,12?,13-/m0/s1. The molecule has 106 valence electrons. The molecule has 0 saturated carbocycles. The van der Waals surface area contributed by atoms with Gasteiger partial charge in [0.05, 0.1) is 6.10 Å². The highest BCUT2D eigenvalue weighted by atomic mass is 19.1. The van der Waals surface area contributed by atoms with Gasteiger partial charge in [-0.15, -0.1) is 0 Å². The molecule has 1 fully saturated rings. The van der Waals surface area contributed by atoms with Crippen molar-refractivity contribution in [3.63, 3.8) is 0 Å². The smallest absolute Gasteiger partial charge is 0.126 e. The van der Waals surface area contributed by atoms with Crippen molar-refractivity contribution in [3.8, 4) is 0 Å². The Hall–Kier alpha value is -1.09. The predicted molar refractivity (Wildman–Crippen MR) is 77.0 cm³/mol. The van der Waals surface area contributed by atoms with Crippen LogP contribution in [0.4, 0.5) is 10.1 Å². The Morgan fingerprint density at radius 2 is 2.05 bits per heavy atom. The van der Waals surface area contributed by atoms with E-state index in [1.165, 1.54) is 12.5 Å². The molecule has 1 aliphatic heterocycles. The molecule has 2 nitrogen and oxygen atoms in total. The van der Waals surface area contributed by atoms with Crippen LogP contribution in [-0.4, -0.2) is 17.7 Å². The van der Waals surface area contributed by atoms with Crippen LogP contribution in [0.2, 0.25) is 0 Å². The number of anilines is 1. The summed E-state index contributed by atoms with van der Waals surface area (Å²) < 4.78 is 13.7. The normalized spacial score (nSPS) is 25.5. The van der Waals surface area contributed by atoms with Crippen LogP contribution < -0.4 is 4.90 Å². The first-order chi connectivity index (χ1) is 8.91. The lowest BCUT2D eigenvalue weighted by Gasteiger charge is -2.41. The minimum atomic E-state index is -0.644. The zero-order valence-electron chi connectivity index (χ0n) is 12.3. The molecule has 1 saturated heterocycles. The lowest BCUT2D eigenvalue weighted by molar-refractivity contribution is 0.198. The molecule has 2 rings (SSSR count). The predicted octanol–water partition coefficient (Wildman–Crippen LogP) is 3.81. The zero-order valence-corrected chi connectivity index (χ0v) is 12.3. The molecule has 0 aromatic heterocycles. The summed E-state index contributed by atoms with van der Waals surface area (Å²) in [5.41, 5.74) is 2.34. The maximum absolute atomic E-state index is 13.7. The Kier molecular flexibility index (Phi) is 4.14. The van der Waals surface area contributed by atoms with Gasteiger partial charge in [-0.25, -0.2) is 4.39 Å². The van der Waals surface area contributed by atoms with Crippen LogP contribution in [0.1, 0.15) is 50.8 Å². The van der Waals surface area contributed by atoms with Gasteiger partial charge in [0.1, 0.15) is 5.82 Å². The summed E-state index contributed by atoms with van der Waals surface area (Å²) in [6, 6.07) is 3.80. The number of aryl methyl sites for hydroxylation is 1. The van der Waals surface area contributed by atoms with Gasteiger partial charge in [-0.2, -0.15) is 0 Å². The van der Waals surface area contributed by atoms with Gasteiger partial charge in [0.15, 0.2) is 0 Å². The molecule has 3 atom stereocenters. The van der Waals surface area contributed by atoms with E-state index < -0.39 is 6.10 Å². The van der Waals surface area contributed by atoms with E-state index in [0.717, 1.165) is 18.7 Å². The fraction of sp³-hybridized carbons (Fsp3) is 0.625. The summed E-state index contributed by atoms with van der Waals surface area (Å²) in [6.07, 6.45) is 1.75. The zero-order chi connectivity index (χ0) is 14.2. The van der Waals surface area contributed by atoms with Crippen LogP contribution in [0.25, 0.3) is 0 Å². The van der Waals surface area contributed by atoms with E-state index >= 15 is 0 Å².